The van der Waals surface area contributed by atoms with Gasteiger partial charge in [-0.25, -0.2) is 0 Å². The van der Waals surface area contributed by atoms with Crippen LogP contribution in [-0.2, 0) is 5.41 Å². The summed E-state index contributed by atoms with van der Waals surface area (Å²) in [5, 5.41) is 0. The Labute approximate surface area is 118 Å². The molecule has 0 spiro atoms. The van der Waals surface area contributed by atoms with Gasteiger partial charge in [0.1, 0.15) is 0 Å². The zero-order valence-corrected chi connectivity index (χ0v) is 13.1. The van der Waals surface area contributed by atoms with E-state index in [0.717, 1.165) is 17.6 Å². The van der Waals surface area contributed by atoms with Gasteiger partial charge in [-0.2, -0.15) is 0 Å². The molecular weight excluding hydrogens is 228 g/mol. The minimum absolute atomic E-state index is 0.212. The van der Waals surface area contributed by atoms with Crippen molar-refractivity contribution in [3.8, 4) is 0 Å². The lowest BCUT2D eigenvalue weighted by atomic mass is 9.78. The smallest absolute Gasteiger partial charge is 0.0103 e. The Balaban J connectivity index is 3.36. The number of rotatable bonds is 5. The SMILES string of the molecule is C=CC(=C)C(=C)c1cc(C)c(C(C)(C)CC)cc1C. The highest BCUT2D eigenvalue weighted by Gasteiger charge is 2.21. The highest BCUT2D eigenvalue weighted by Crippen LogP contribution is 2.34. The lowest BCUT2D eigenvalue weighted by Crippen LogP contribution is -2.17. The van der Waals surface area contributed by atoms with Gasteiger partial charge in [-0.15, -0.1) is 0 Å². The minimum Gasteiger partial charge on any atom is -0.0985 e. The molecule has 0 heterocycles. The zero-order valence-electron chi connectivity index (χ0n) is 13.1. The van der Waals surface area contributed by atoms with Crippen LogP contribution in [0.1, 0.15) is 49.4 Å². The standard InChI is InChI=1S/C19H26/c1-9-13(3)16(6)17-11-15(5)18(12-14(17)4)19(7,8)10-2/h9,11-12H,1,3,6,10H2,2,4-5,7-8H3. The van der Waals surface area contributed by atoms with E-state index in [2.05, 4.69) is 66.5 Å². The Hall–Kier alpha value is -1.56. The minimum atomic E-state index is 0.212. The highest BCUT2D eigenvalue weighted by atomic mass is 14.3. The molecule has 1 aromatic carbocycles. The number of allylic oxidation sites excluding steroid dienone is 3. The van der Waals surface area contributed by atoms with E-state index in [1.54, 1.807) is 6.08 Å². The van der Waals surface area contributed by atoms with E-state index in [0.29, 0.717) is 0 Å². The van der Waals surface area contributed by atoms with Crippen LogP contribution in [0.15, 0.2) is 43.5 Å². The molecule has 0 nitrogen and oxygen atoms in total. The number of hydrogen-bond donors (Lipinski definition) is 0. The van der Waals surface area contributed by atoms with E-state index < -0.39 is 0 Å². The van der Waals surface area contributed by atoms with Crippen LogP contribution in [0.4, 0.5) is 0 Å². The van der Waals surface area contributed by atoms with Gasteiger partial charge in [-0.05, 0) is 59.1 Å². The normalized spacial score (nSPS) is 11.2. The molecule has 0 aliphatic carbocycles. The van der Waals surface area contributed by atoms with Gasteiger partial charge in [0.25, 0.3) is 0 Å². The molecular formula is C19H26. The summed E-state index contributed by atoms with van der Waals surface area (Å²) in [5.41, 5.74) is 7.26. The Kier molecular flexibility index (Phi) is 4.57. The molecule has 0 bridgehead atoms. The van der Waals surface area contributed by atoms with Crippen molar-refractivity contribution >= 4 is 5.57 Å². The topological polar surface area (TPSA) is 0 Å². The first-order valence-electron chi connectivity index (χ1n) is 6.87. The summed E-state index contributed by atoms with van der Waals surface area (Å²) in [6.45, 7) is 23.1. The van der Waals surface area contributed by atoms with Crippen LogP contribution in [0.3, 0.4) is 0 Å². The van der Waals surface area contributed by atoms with E-state index in [-0.39, 0.29) is 5.41 Å². The second-order valence-electron chi connectivity index (χ2n) is 5.93. The molecule has 102 valence electrons. The largest absolute Gasteiger partial charge is 0.0985 e. The quantitative estimate of drug-likeness (QED) is 0.587. The molecule has 0 amide bonds. The third-order valence-corrected chi connectivity index (χ3v) is 4.14. The Morgan fingerprint density at radius 1 is 1.16 bits per heavy atom. The van der Waals surface area contributed by atoms with E-state index in [4.69, 9.17) is 0 Å². The van der Waals surface area contributed by atoms with Gasteiger partial charge < -0.3 is 0 Å². The summed E-state index contributed by atoms with van der Waals surface area (Å²) in [6, 6.07) is 4.54. The van der Waals surface area contributed by atoms with Crippen molar-refractivity contribution in [2.75, 3.05) is 0 Å². The van der Waals surface area contributed by atoms with Gasteiger partial charge in [0, 0.05) is 0 Å². The molecule has 0 heteroatoms. The monoisotopic (exact) mass is 254 g/mol. The van der Waals surface area contributed by atoms with Crippen LogP contribution in [0.2, 0.25) is 0 Å². The van der Waals surface area contributed by atoms with Gasteiger partial charge in [-0.3, -0.25) is 0 Å². The lowest BCUT2D eigenvalue weighted by molar-refractivity contribution is 0.503. The van der Waals surface area contributed by atoms with Crippen molar-refractivity contribution in [3.05, 3.63) is 65.8 Å². The molecule has 0 aliphatic rings. The molecule has 0 atom stereocenters. The second kappa shape index (κ2) is 5.61. The summed E-state index contributed by atoms with van der Waals surface area (Å²) in [4.78, 5) is 0. The third-order valence-electron chi connectivity index (χ3n) is 4.14. The van der Waals surface area contributed by atoms with Crippen LogP contribution in [0.5, 0.6) is 0 Å². The summed E-state index contributed by atoms with van der Waals surface area (Å²) < 4.78 is 0. The Morgan fingerprint density at radius 2 is 1.74 bits per heavy atom. The fourth-order valence-corrected chi connectivity index (χ4v) is 2.36. The number of aryl methyl sites for hydroxylation is 2. The molecule has 1 aromatic rings. The van der Waals surface area contributed by atoms with Crippen molar-refractivity contribution in [1.29, 1.82) is 0 Å². The van der Waals surface area contributed by atoms with Crippen molar-refractivity contribution < 1.29 is 0 Å². The molecule has 0 aromatic heterocycles. The van der Waals surface area contributed by atoms with Gasteiger partial charge >= 0.3 is 0 Å². The van der Waals surface area contributed by atoms with E-state index in [9.17, 15) is 0 Å². The average Bonchev–Trinajstić information content (AvgIpc) is 2.38. The molecule has 0 N–H and O–H groups in total. The maximum Gasteiger partial charge on any atom is -0.0103 e. The van der Waals surface area contributed by atoms with Crippen molar-refractivity contribution in [2.45, 2.75) is 46.5 Å². The fourth-order valence-electron chi connectivity index (χ4n) is 2.36. The number of benzene rings is 1. The van der Waals surface area contributed by atoms with Gasteiger partial charge in [0.05, 0.1) is 0 Å². The number of hydrogen-bond acceptors (Lipinski definition) is 0. The molecule has 19 heavy (non-hydrogen) atoms. The molecule has 0 saturated carbocycles. The van der Waals surface area contributed by atoms with Crippen LogP contribution < -0.4 is 0 Å². The predicted molar refractivity (Wildman–Crippen MR) is 87.6 cm³/mol. The first kappa shape index (κ1) is 15.5. The Morgan fingerprint density at radius 3 is 2.21 bits per heavy atom. The summed E-state index contributed by atoms with van der Waals surface area (Å²) >= 11 is 0. The van der Waals surface area contributed by atoms with E-state index in [1.165, 1.54) is 22.3 Å². The van der Waals surface area contributed by atoms with E-state index >= 15 is 0 Å². The Bertz CT molecular complexity index is 527. The fraction of sp³-hybridized carbons (Fsp3) is 0.368. The predicted octanol–water partition coefficient (Wildman–Crippen LogP) is 5.75. The van der Waals surface area contributed by atoms with Crippen LogP contribution >= 0.6 is 0 Å². The lowest BCUT2D eigenvalue weighted by Gasteiger charge is -2.27. The summed E-state index contributed by atoms with van der Waals surface area (Å²) in [5.74, 6) is 0. The summed E-state index contributed by atoms with van der Waals surface area (Å²) in [7, 11) is 0. The molecule has 0 fully saturated rings. The van der Waals surface area contributed by atoms with Gasteiger partial charge in [-0.1, -0.05) is 58.7 Å². The summed E-state index contributed by atoms with van der Waals surface area (Å²) in [6.07, 6.45) is 2.90. The molecule has 0 aliphatic heterocycles. The molecule has 0 radical (unpaired) electrons. The van der Waals surface area contributed by atoms with Crippen LogP contribution in [0.25, 0.3) is 5.57 Å². The average molecular weight is 254 g/mol. The first-order valence-corrected chi connectivity index (χ1v) is 6.87. The highest BCUT2D eigenvalue weighted by molar-refractivity contribution is 5.81. The third kappa shape index (κ3) is 3.07. The van der Waals surface area contributed by atoms with Crippen molar-refractivity contribution in [3.63, 3.8) is 0 Å². The zero-order chi connectivity index (χ0) is 14.8. The molecule has 1 rings (SSSR count). The van der Waals surface area contributed by atoms with Crippen molar-refractivity contribution in [2.24, 2.45) is 0 Å². The second-order valence-corrected chi connectivity index (χ2v) is 5.93. The van der Waals surface area contributed by atoms with Crippen molar-refractivity contribution in [1.82, 2.24) is 0 Å². The van der Waals surface area contributed by atoms with E-state index in [1.807, 2.05) is 0 Å². The molecule has 0 unspecified atom stereocenters. The van der Waals surface area contributed by atoms with Crippen LogP contribution in [0, 0.1) is 13.8 Å². The first-order chi connectivity index (χ1) is 8.74. The van der Waals surface area contributed by atoms with Gasteiger partial charge in [0.2, 0.25) is 0 Å². The van der Waals surface area contributed by atoms with Gasteiger partial charge in [0.15, 0.2) is 0 Å². The maximum absolute atomic E-state index is 4.14. The maximum atomic E-state index is 4.14. The molecule has 0 saturated heterocycles. The van der Waals surface area contributed by atoms with Crippen LogP contribution in [-0.4, -0.2) is 0 Å².